The van der Waals surface area contributed by atoms with Crippen LogP contribution in [-0.2, 0) is 9.59 Å². The summed E-state index contributed by atoms with van der Waals surface area (Å²) >= 11 is 8.82. The van der Waals surface area contributed by atoms with E-state index in [9.17, 15) is 24.0 Å². The van der Waals surface area contributed by atoms with Crippen molar-refractivity contribution in [1.29, 1.82) is 5.26 Å². The molecule has 1 atom stereocenters. The molecule has 0 radical (unpaired) electrons. The van der Waals surface area contributed by atoms with Crippen LogP contribution in [0.2, 0.25) is 5.02 Å². The number of amides is 3. The molecule has 0 fully saturated rings. The van der Waals surface area contributed by atoms with E-state index < -0.39 is 22.9 Å². The van der Waals surface area contributed by atoms with Gasteiger partial charge in [-0.1, -0.05) is 79.2 Å². The van der Waals surface area contributed by atoms with Crippen LogP contribution in [0.15, 0.2) is 119 Å². The van der Waals surface area contributed by atoms with Crippen molar-refractivity contribution in [2.75, 3.05) is 10.6 Å². The summed E-state index contributed by atoms with van der Waals surface area (Å²) in [5, 5.41) is 20.0. The number of rotatable bonds is 11. The monoisotopic (exact) mass is 694 g/mol. The lowest BCUT2D eigenvalue weighted by Crippen LogP contribution is -2.30. The van der Waals surface area contributed by atoms with Gasteiger partial charge in [0.1, 0.15) is 22.6 Å². The van der Waals surface area contributed by atoms with Crippen LogP contribution in [0.25, 0.3) is 17.2 Å². The SMILES string of the molecule is CCC(Sc1cccc(NC(=O)/C(=C\c2c(F)cccc2Cl)NC(=O)c2ccccc2)c1)C(=O)Nc1scc(-c2ccccc2)c1C#N. The van der Waals surface area contributed by atoms with E-state index in [4.69, 9.17) is 11.6 Å². The Kier molecular flexibility index (Phi) is 11.4. The molecule has 7 nitrogen and oxygen atoms in total. The molecule has 0 aliphatic heterocycles. The number of benzene rings is 4. The molecule has 3 N–H and O–H groups in total. The highest BCUT2D eigenvalue weighted by Gasteiger charge is 2.22. The van der Waals surface area contributed by atoms with Crippen LogP contribution in [0.1, 0.15) is 34.8 Å². The van der Waals surface area contributed by atoms with Gasteiger partial charge in [-0.15, -0.1) is 23.1 Å². The molecule has 0 aliphatic carbocycles. The summed E-state index contributed by atoms with van der Waals surface area (Å²) in [7, 11) is 0. The molecule has 1 unspecified atom stereocenters. The predicted octanol–water partition coefficient (Wildman–Crippen LogP) is 9.00. The van der Waals surface area contributed by atoms with E-state index in [-0.39, 0.29) is 22.2 Å². The van der Waals surface area contributed by atoms with Crippen molar-refractivity contribution < 1.29 is 18.8 Å². The van der Waals surface area contributed by atoms with Crippen LogP contribution >= 0.6 is 34.7 Å². The lowest BCUT2D eigenvalue weighted by atomic mass is 10.1. The van der Waals surface area contributed by atoms with Crippen molar-refractivity contribution in [2.24, 2.45) is 0 Å². The number of carbonyl (C=O) groups is 3. The second kappa shape index (κ2) is 16.1. The van der Waals surface area contributed by atoms with Crippen LogP contribution in [0.5, 0.6) is 0 Å². The van der Waals surface area contributed by atoms with Gasteiger partial charge in [0.2, 0.25) is 5.91 Å². The Balaban J connectivity index is 1.32. The molecular formula is C37H28ClFN4O3S2. The van der Waals surface area contributed by atoms with Gasteiger partial charge < -0.3 is 16.0 Å². The molecule has 0 bridgehead atoms. The first-order valence-corrected chi connectivity index (χ1v) is 16.9. The fourth-order valence-electron chi connectivity index (χ4n) is 4.65. The minimum atomic E-state index is -0.707. The van der Waals surface area contributed by atoms with Crippen molar-refractivity contribution in [3.63, 3.8) is 0 Å². The number of nitriles is 1. The van der Waals surface area contributed by atoms with Crippen molar-refractivity contribution in [1.82, 2.24) is 5.32 Å². The number of anilines is 2. The average molecular weight is 695 g/mol. The third-order valence-electron chi connectivity index (χ3n) is 7.08. The molecule has 0 saturated heterocycles. The Hall–Kier alpha value is -5.21. The van der Waals surface area contributed by atoms with Crippen LogP contribution in [0.3, 0.4) is 0 Å². The summed E-state index contributed by atoms with van der Waals surface area (Å²) in [6.45, 7) is 1.89. The molecule has 5 rings (SSSR count). The minimum Gasteiger partial charge on any atom is -0.321 e. The highest BCUT2D eigenvalue weighted by atomic mass is 35.5. The van der Waals surface area contributed by atoms with Gasteiger partial charge >= 0.3 is 0 Å². The summed E-state index contributed by atoms with van der Waals surface area (Å²) in [6, 6.07) is 31.0. The minimum absolute atomic E-state index is 0.0556. The first-order valence-electron chi connectivity index (χ1n) is 14.8. The Morgan fingerprint density at radius 1 is 0.958 bits per heavy atom. The zero-order valence-corrected chi connectivity index (χ0v) is 27.9. The van der Waals surface area contributed by atoms with E-state index >= 15 is 0 Å². The van der Waals surface area contributed by atoms with Gasteiger partial charge in [-0.05, 0) is 60.5 Å². The van der Waals surface area contributed by atoms with Gasteiger partial charge in [0, 0.05) is 32.7 Å². The van der Waals surface area contributed by atoms with Crippen molar-refractivity contribution in [3.8, 4) is 17.2 Å². The second-order valence-electron chi connectivity index (χ2n) is 10.3. The largest absolute Gasteiger partial charge is 0.321 e. The topological polar surface area (TPSA) is 111 Å². The van der Waals surface area contributed by atoms with Gasteiger partial charge in [0.25, 0.3) is 11.8 Å². The maximum Gasteiger partial charge on any atom is 0.272 e. The number of nitrogens with one attached hydrogen (secondary N) is 3. The highest BCUT2D eigenvalue weighted by molar-refractivity contribution is 8.00. The number of hydrogen-bond donors (Lipinski definition) is 3. The fraction of sp³-hybridized carbons (Fsp3) is 0.0811. The molecule has 48 heavy (non-hydrogen) atoms. The Morgan fingerprint density at radius 2 is 1.67 bits per heavy atom. The molecule has 1 aromatic heterocycles. The molecular weight excluding hydrogens is 667 g/mol. The van der Waals surface area contributed by atoms with Crippen LogP contribution < -0.4 is 16.0 Å². The zero-order chi connectivity index (χ0) is 34.0. The van der Waals surface area contributed by atoms with E-state index in [0.29, 0.717) is 33.1 Å². The standard InChI is InChI=1S/C37H28ClFN4O3S2/c1-2-33(36(46)43-37-28(21-40)29(22-47-37)23-11-5-3-6-12-23)48-26-16-9-15-25(19-26)41-35(45)32(20-27-30(38)17-10-18-31(27)39)42-34(44)24-13-7-4-8-14-24/h3-20,22,33H,2H2,1H3,(H,41,45)(H,42,44)(H,43,46)/b32-20+. The third kappa shape index (κ3) is 8.38. The molecule has 5 aromatic rings. The first-order chi connectivity index (χ1) is 23.3. The Morgan fingerprint density at radius 3 is 2.35 bits per heavy atom. The lowest BCUT2D eigenvalue weighted by molar-refractivity contribution is -0.116. The summed E-state index contributed by atoms with van der Waals surface area (Å²) in [6.07, 6.45) is 1.68. The molecule has 3 amide bonds. The first kappa shape index (κ1) is 34.1. The third-order valence-corrected chi connectivity index (χ3v) is 9.66. The summed E-state index contributed by atoms with van der Waals surface area (Å²) < 4.78 is 14.7. The van der Waals surface area contributed by atoms with Gasteiger partial charge in [-0.25, -0.2) is 4.39 Å². The number of thiophene rings is 1. The fourth-order valence-corrected chi connectivity index (χ4v) is 6.80. The van der Waals surface area contributed by atoms with E-state index in [0.717, 1.165) is 11.1 Å². The maximum atomic E-state index is 14.7. The molecule has 11 heteroatoms. The predicted molar refractivity (Wildman–Crippen MR) is 191 cm³/mol. The Labute approximate surface area is 290 Å². The van der Waals surface area contributed by atoms with Gasteiger partial charge in [-0.2, -0.15) is 5.26 Å². The molecule has 240 valence electrons. The highest BCUT2D eigenvalue weighted by Crippen LogP contribution is 2.36. The van der Waals surface area contributed by atoms with Crippen molar-refractivity contribution in [3.05, 3.63) is 142 Å². The summed E-state index contributed by atoms with van der Waals surface area (Å²) in [5.74, 6) is -2.19. The van der Waals surface area contributed by atoms with E-state index in [1.165, 1.54) is 47.4 Å². The summed E-state index contributed by atoms with van der Waals surface area (Å²) in [4.78, 5) is 40.6. The van der Waals surface area contributed by atoms with Crippen LogP contribution in [-0.4, -0.2) is 23.0 Å². The molecule has 0 saturated carbocycles. The number of carbonyl (C=O) groups excluding carboxylic acids is 3. The quantitative estimate of drug-likeness (QED) is 0.0944. The second-order valence-corrected chi connectivity index (χ2v) is 12.9. The van der Waals surface area contributed by atoms with E-state index in [1.807, 2.05) is 48.7 Å². The molecule has 4 aromatic carbocycles. The van der Waals surface area contributed by atoms with Gasteiger partial charge in [0.05, 0.1) is 15.8 Å². The number of nitrogens with zero attached hydrogens (tertiary/aromatic N) is 1. The number of hydrogen-bond acceptors (Lipinski definition) is 6. The van der Waals surface area contributed by atoms with Crippen LogP contribution in [0, 0.1) is 17.1 Å². The maximum absolute atomic E-state index is 14.7. The van der Waals surface area contributed by atoms with Crippen LogP contribution in [0.4, 0.5) is 15.1 Å². The van der Waals surface area contributed by atoms with E-state index in [2.05, 4.69) is 22.0 Å². The van der Waals surface area contributed by atoms with Gasteiger partial charge in [-0.3, -0.25) is 14.4 Å². The Bertz CT molecular complexity index is 2010. The van der Waals surface area contributed by atoms with Crippen molar-refractivity contribution >= 4 is 69.2 Å². The zero-order valence-electron chi connectivity index (χ0n) is 25.5. The summed E-state index contributed by atoms with van der Waals surface area (Å²) in [5.41, 5.74) is 2.47. The molecule has 0 aliphatic rings. The number of thioether (sulfide) groups is 1. The average Bonchev–Trinajstić information content (AvgIpc) is 3.51. The van der Waals surface area contributed by atoms with E-state index in [1.54, 1.807) is 48.5 Å². The number of halogens is 2. The molecule has 0 spiro atoms. The molecule has 1 heterocycles. The lowest BCUT2D eigenvalue weighted by Gasteiger charge is -2.16. The normalized spacial score (nSPS) is 11.7. The smallest absolute Gasteiger partial charge is 0.272 e. The van der Waals surface area contributed by atoms with Gasteiger partial charge in [0.15, 0.2) is 0 Å². The van der Waals surface area contributed by atoms with Crippen molar-refractivity contribution in [2.45, 2.75) is 23.5 Å².